The standard InChI is InChI=1S/C35H58N12O13/c1-18(51)28(35(60)42-22(14-26(38)52)33(58)43-23(15-48)29(39)54)45-34(59)25(17-50)46-47-31(56)20(36)9-10-27(53)40-11-5-6-12-41-32(57)24(16-49)44-30(55)21(37)13-19-7-3-2-4-8-19/h2-4,7-8,18,20-25,28,46,48-51H,5-6,9-17,36-37H2,1H3,(H2,38,52)(H2,39,54)(H,40,53)(H,41,57)(H,42,60)(H,43,58)(H,44,55)(H,45,59)(H,47,56)/t18-,20?,21?,22+,23?,24?,25+,28+/m1/s1. The Morgan fingerprint density at radius 3 is 1.73 bits per heavy atom. The first-order chi connectivity index (χ1) is 28.3. The van der Waals surface area contributed by atoms with Crippen molar-refractivity contribution in [2.24, 2.45) is 22.9 Å². The van der Waals surface area contributed by atoms with Crippen molar-refractivity contribution in [2.45, 2.75) is 93.8 Å². The zero-order valence-corrected chi connectivity index (χ0v) is 33.1. The van der Waals surface area contributed by atoms with Gasteiger partial charge in [-0.05, 0) is 38.2 Å². The lowest BCUT2D eigenvalue weighted by molar-refractivity contribution is -0.137. The van der Waals surface area contributed by atoms with Gasteiger partial charge in [0.15, 0.2) is 0 Å². The third kappa shape index (κ3) is 19.7. The molecule has 60 heavy (non-hydrogen) atoms. The van der Waals surface area contributed by atoms with E-state index < -0.39 is 128 Å². The second-order valence-electron chi connectivity index (χ2n) is 13.5. The van der Waals surface area contributed by atoms with E-state index in [1.807, 2.05) is 23.5 Å². The minimum absolute atomic E-state index is 0.141. The van der Waals surface area contributed by atoms with E-state index in [1.54, 1.807) is 12.1 Å². The molecule has 1 rings (SSSR count). The molecule has 0 aromatic heterocycles. The van der Waals surface area contributed by atoms with Gasteiger partial charge >= 0.3 is 0 Å². The number of primary amides is 2. The highest BCUT2D eigenvalue weighted by Crippen LogP contribution is 2.03. The largest absolute Gasteiger partial charge is 0.394 e. The van der Waals surface area contributed by atoms with E-state index in [9.17, 15) is 63.6 Å². The van der Waals surface area contributed by atoms with Gasteiger partial charge in [-0.2, -0.15) is 0 Å². The summed E-state index contributed by atoms with van der Waals surface area (Å²) in [7, 11) is 0. The molecular formula is C35H58N12O13. The number of carbonyl (C=O) groups is 9. The van der Waals surface area contributed by atoms with Crippen LogP contribution >= 0.6 is 0 Å². The molecule has 8 atom stereocenters. The molecule has 0 fully saturated rings. The lowest BCUT2D eigenvalue weighted by Crippen LogP contribution is -2.62. The summed E-state index contributed by atoms with van der Waals surface area (Å²) < 4.78 is 0. The minimum atomic E-state index is -1.80. The average molecular weight is 855 g/mol. The van der Waals surface area contributed by atoms with Gasteiger partial charge in [-0.1, -0.05) is 30.3 Å². The van der Waals surface area contributed by atoms with Gasteiger partial charge in [-0.15, -0.1) is 0 Å². The number of carbonyl (C=O) groups excluding carboxylic acids is 9. The Kier molecular flexibility index (Phi) is 24.2. The molecule has 25 nitrogen and oxygen atoms in total. The Bertz CT molecular complexity index is 1600. The van der Waals surface area contributed by atoms with Crippen molar-refractivity contribution >= 4 is 53.2 Å². The summed E-state index contributed by atoms with van der Waals surface area (Å²) in [5, 5.41) is 52.6. The van der Waals surface area contributed by atoms with Crippen LogP contribution in [0.5, 0.6) is 0 Å². The summed E-state index contributed by atoms with van der Waals surface area (Å²) >= 11 is 0. The average Bonchev–Trinajstić information content (AvgIpc) is 3.20. The fourth-order valence-corrected chi connectivity index (χ4v) is 5.01. The highest BCUT2D eigenvalue weighted by Gasteiger charge is 2.33. The first-order valence-corrected chi connectivity index (χ1v) is 18.8. The van der Waals surface area contributed by atoms with E-state index in [0.717, 1.165) is 12.5 Å². The van der Waals surface area contributed by atoms with Gasteiger partial charge in [0, 0.05) is 19.5 Å². The normalized spacial score (nSPS) is 14.9. The Balaban J connectivity index is 2.50. The number of aliphatic hydroxyl groups excluding tert-OH is 4. The highest BCUT2D eigenvalue weighted by atomic mass is 16.3. The van der Waals surface area contributed by atoms with Crippen LogP contribution in [0, 0.1) is 0 Å². The third-order valence-corrected chi connectivity index (χ3v) is 8.51. The van der Waals surface area contributed by atoms with E-state index >= 15 is 0 Å². The summed E-state index contributed by atoms with van der Waals surface area (Å²) in [6.45, 7) is -1.03. The van der Waals surface area contributed by atoms with Gasteiger partial charge in [-0.3, -0.25) is 48.6 Å². The number of aliphatic hydroxyl groups is 4. The number of nitrogens with one attached hydrogen (secondary N) is 8. The number of unbranched alkanes of at least 4 members (excludes halogenated alkanes) is 1. The molecule has 0 aliphatic rings. The van der Waals surface area contributed by atoms with E-state index in [0.29, 0.717) is 12.8 Å². The molecule has 0 spiro atoms. The van der Waals surface area contributed by atoms with Gasteiger partial charge in [0.05, 0.1) is 44.4 Å². The van der Waals surface area contributed by atoms with Gasteiger partial charge in [0.1, 0.15) is 30.2 Å². The first kappa shape index (κ1) is 52.2. The van der Waals surface area contributed by atoms with Gasteiger partial charge in [0.25, 0.3) is 5.91 Å². The Morgan fingerprint density at radius 1 is 0.633 bits per heavy atom. The number of benzene rings is 1. The molecule has 0 saturated carbocycles. The number of rotatable bonds is 29. The van der Waals surface area contributed by atoms with Gasteiger partial charge in [0.2, 0.25) is 47.3 Å². The molecule has 1 aromatic carbocycles. The number of hydrogen-bond donors (Lipinski definition) is 16. The van der Waals surface area contributed by atoms with Crippen LogP contribution in [-0.4, -0.2) is 155 Å². The molecule has 20 N–H and O–H groups in total. The molecule has 0 aliphatic heterocycles. The van der Waals surface area contributed by atoms with E-state index in [4.69, 9.17) is 22.9 Å². The number of hydrogen-bond acceptors (Lipinski definition) is 16. The number of amides is 9. The Morgan fingerprint density at radius 2 is 1.18 bits per heavy atom. The van der Waals surface area contributed by atoms with E-state index in [1.165, 1.54) is 0 Å². The van der Waals surface area contributed by atoms with Crippen LogP contribution in [-0.2, 0) is 49.6 Å². The van der Waals surface area contributed by atoms with Crippen LogP contribution in [0.3, 0.4) is 0 Å². The SMILES string of the molecule is C[C@@H](O)[C@H](NC(=O)[C@H](CO)NNC(=O)C(N)CCC(=O)NCCCCNC(=O)C(CO)NC(=O)C(N)Cc1ccccc1)C(=O)N[C@@H](CC(N)=O)C(=O)NC(CO)C(N)=O. The fraction of sp³-hybridized carbons (Fsp3) is 0.571. The predicted octanol–water partition coefficient (Wildman–Crippen LogP) is -8.68. The molecule has 9 amide bonds. The lowest BCUT2D eigenvalue weighted by atomic mass is 10.1. The summed E-state index contributed by atoms with van der Waals surface area (Å²) in [5.74, 6) is -8.23. The maximum atomic E-state index is 13.0. The van der Waals surface area contributed by atoms with Crippen molar-refractivity contribution in [2.75, 3.05) is 32.9 Å². The number of nitrogens with two attached hydrogens (primary N) is 4. The smallest absolute Gasteiger partial charge is 0.251 e. The van der Waals surface area contributed by atoms with Crippen molar-refractivity contribution in [1.82, 2.24) is 42.8 Å². The Hall–Kier alpha value is -5.83. The van der Waals surface area contributed by atoms with Crippen LogP contribution < -0.4 is 65.7 Å². The van der Waals surface area contributed by atoms with Crippen LogP contribution in [0.4, 0.5) is 0 Å². The zero-order valence-electron chi connectivity index (χ0n) is 33.1. The molecule has 0 bridgehead atoms. The molecule has 0 heterocycles. The monoisotopic (exact) mass is 854 g/mol. The van der Waals surface area contributed by atoms with E-state index in [-0.39, 0.29) is 32.4 Å². The van der Waals surface area contributed by atoms with Crippen LogP contribution in [0.1, 0.15) is 44.6 Å². The zero-order chi connectivity index (χ0) is 45.4. The quantitative estimate of drug-likeness (QED) is 0.0263. The summed E-state index contributed by atoms with van der Waals surface area (Å²) in [4.78, 5) is 111. The van der Waals surface area contributed by atoms with Crippen LogP contribution in [0.2, 0.25) is 0 Å². The molecule has 0 aliphatic carbocycles. The second-order valence-corrected chi connectivity index (χ2v) is 13.5. The predicted molar refractivity (Wildman–Crippen MR) is 209 cm³/mol. The van der Waals surface area contributed by atoms with Crippen molar-refractivity contribution in [3.63, 3.8) is 0 Å². The molecule has 25 heteroatoms. The van der Waals surface area contributed by atoms with Crippen molar-refractivity contribution in [1.29, 1.82) is 0 Å². The van der Waals surface area contributed by atoms with Crippen LogP contribution in [0.25, 0.3) is 0 Å². The fourth-order valence-electron chi connectivity index (χ4n) is 5.01. The Labute approximate surface area is 344 Å². The molecule has 336 valence electrons. The summed E-state index contributed by atoms with van der Waals surface area (Å²) in [6.07, 6.45) is -1.63. The van der Waals surface area contributed by atoms with E-state index in [2.05, 4.69) is 37.4 Å². The molecular weight excluding hydrogens is 796 g/mol. The molecule has 4 unspecified atom stereocenters. The molecule has 0 saturated heterocycles. The van der Waals surface area contributed by atoms with Crippen molar-refractivity contribution in [3.8, 4) is 0 Å². The summed E-state index contributed by atoms with van der Waals surface area (Å²) in [6, 6.07) is -1.09. The first-order valence-electron chi connectivity index (χ1n) is 18.8. The molecule has 0 radical (unpaired) electrons. The highest BCUT2D eigenvalue weighted by molar-refractivity contribution is 5.97. The molecule has 1 aromatic rings. The van der Waals surface area contributed by atoms with Crippen molar-refractivity contribution < 1.29 is 63.6 Å². The van der Waals surface area contributed by atoms with Crippen molar-refractivity contribution in [3.05, 3.63) is 35.9 Å². The number of hydrazine groups is 1. The maximum Gasteiger partial charge on any atom is 0.251 e. The van der Waals surface area contributed by atoms with Crippen LogP contribution in [0.15, 0.2) is 30.3 Å². The maximum absolute atomic E-state index is 13.0. The summed E-state index contributed by atoms with van der Waals surface area (Å²) in [5.41, 5.74) is 27.2. The van der Waals surface area contributed by atoms with Gasteiger partial charge < -0.3 is 75.3 Å². The minimum Gasteiger partial charge on any atom is -0.394 e. The second kappa shape index (κ2) is 27.8. The van der Waals surface area contributed by atoms with Gasteiger partial charge in [-0.25, -0.2) is 5.43 Å². The lowest BCUT2D eigenvalue weighted by Gasteiger charge is -2.26. The topological polar surface area (TPSA) is 435 Å². The third-order valence-electron chi connectivity index (χ3n) is 8.51.